The monoisotopic (exact) mass is 270 g/mol. The molecule has 0 bridgehead atoms. The van der Waals surface area contributed by atoms with Crippen LogP contribution in [0.5, 0.6) is 0 Å². The molecule has 0 spiro atoms. The molecule has 1 aromatic heterocycles. The predicted octanol–water partition coefficient (Wildman–Crippen LogP) is 1.29. The van der Waals surface area contributed by atoms with Crippen molar-refractivity contribution in [2.45, 2.75) is 13.8 Å². The summed E-state index contributed by atoms with van der Waals surface area (Å²) in [4.78, 5) is 26.5. The Morgan fingerprint density at radius 3 is 2.89 bits per heavy atom. The lowest BCUT2D eigenvalue weighted by Crippen LogP contribution is -2.44. The molecule has 1 aromatic rings. The number of carbonyl (C=O) groups is 2. The first-order valence-corrected chi connectivity index (χ1v) is 6.34. The zero-order valence-electron chi connectivity index (χ0n) is 10.2. The highest BCUT2D eigenvalue weighted by atomic mass is 32.1. The minimum Gasteiger partial charge on any atom is -0.460 e. The molecule has 6 nitrogen and oxygen atoms in total. The van der Waals surface area contributed by atoms with Gasteiger partial charge in [-0.3, -0.25) is 4.79 Å². The van der Waals surface area contributed by atoms with Crippen molar-refractivity contribution in [2.24, 2.45) is 5.41 Å². The van der Waals surface area contributed by atoms with Gasteiger partial charge in [-0.25, -0.2) is 9.78 Å². The van der Waals surface area contributed by atoms with E-state index in [9.17, 15) is 9.59 Å². The number of anilines is 1. The summed E-state index contributed by atoms with van der Waals surface area (Å²) in [5.74, 6) is -0.695. The molecule has 1 amide bonds. The van der Waals surface area contributed by atoms with E-state index in [2.05, 4.69) is 10.3 Å². The Bertz CT molecular complexity index is 467. The molecule has 1 fully saturated rings. The van der Waals surface area contributed by atoms with Gasteiger partial charge in [0.2, 0.25) is 5.91 Å². The summed E-state index contributed by atoms with van der Waals surface area (Å²) in [6.45, 7) is 4.91. The lowest BCUT2D eigenvalue weighted by molar-refractivity contribution is -0.127. The fraction of sp³-hybridized carbons (Fsp3) is 0.545. The normalized spacial score (nSPS) is 16.8. The van der Waals surface area contributed by atoms with Crippen LogP contribution in [0.25, 0.3) is 0 Å². The summed E-state index contributed by atoms with van der Waals surface area (Å²) < 4.78 is 10.2. The zero-order valence-corrected chi connectivity index (χ0v) is 11.0. The molecule has 18 heavy (non-hydrogen) atoms. The summed E-state index contributed by atoms with van der Waals surface area (Å²) in [5, 5.41) is 4.47. The van der Waals surface area contributed by atoms with Crippen molar-refractivity contribution in [3.05, 3.63) is 11.1 Å². The van der Waals surface area contributed by atoms with Crippen molar-refractivity contribution in [3.63, 3.8) is 0 Å². The molecule has 2 rings (SSSR count). The number of nitrogens with zero attached hydrogens (tertiary/aromatic N) is 1. The van der Waals surface area contributed by atoms with E-state index in [1.165, 1.54) is 18.3 Å². The topological polar surface area (TPSA) is 77.5 Å². The van der Waals surface area contributed by atoms with Crippen LogP contribution in [-0.2, 0) is 14.3 Å². The van der Waals surface area contributed by atoms with Crippen LogP contribution in [-0.4, -0.2) is 36.7 Å². The number of carbonyl (C=O) groups excluding carboxylic acids is 2. The third kappa shape index (κ3) is 3.05. The van der Waals surface area contributed by atoms with Crippen LogP contribution in [0.15, 0.2) is 5.38 Å². The summed E-state index contributed by atoms with van der Waals surface area (Å²) >= 11 is 1.19. The highest BCUT2D eigenvalue weighted by Gasteiger charge is 2.35. The molecule has 0 radical (unpaired) electrons. The van der Waals surface area contributed by atoms with Gasteiger partial charge in [0.15, 0.2) is 10.8 Å². The van der Waals surface area contributed by atoms with Gasteiger partial charge >= 0.3 is 5.97 Å². The highest BCUT2D eigenvalue weighted by molar-refractivity contribution is 7.14. The minimum absolute atomic E-state index is 0.0772. The maximum absolute atomic E-state index is 11.7. The number of thiazole rings is 1. The number of nitrogens with one attached hydrogen (secondary N) is 1. The van der Waals surface area contributed by atoms with Crippen LogP contribution in [0.3, 0.4) is 0 Å². The van der Waals surface area contributed by atoms with Gasteiger partial charge in [-0.2, -0.15) is 0 Å². The fourth-order valence-corrected chi connectivity index (χ4v) is 2.15. The summed E-state index contributed by atoms with van der Waals surface area (Å²) in [5.41, 5.74) is 0.138. The second kappa shape index (κ2) is 5.03. The maximum Gasteiger partial charge on any atom is 0.357 e. The molecule has 98 valence electrons. The van der Waals surface area contributed by atoms with Gasteiger partial charge in [0.05, 0.1) is 13.2 Å². The van der Waals surface area contributed by atoms with Crippen molar-refractivity contribution in [3.8, 4) is 0 Å². The number of amides is 1. The van der Waals surface area contributed by atoms with Gasteiger partial charge in [-0.05, 0) is 0 Å². The summed E-state index contributed by atoms with van der Waals surface area (Å²) in [6, 6.07) is 0. The van der Waals surface area contributed by atoms with E-state index in [0.717, 1.165) is 0 Å². The molecule has 1 aliphatic heterocycles. The van der Waals surface area contributed by atoms with E-state index in [0.29, 0.717) is 25.0 Å². The van der Waals surface area contributed by atoms with Gasteiger partial charge in [0, 0.05) is 17.7 Å². The second-order valence-corrected chi connectivity index (χ2v) is 5.46. The molecule has 1 aliphatic rings. The maximum atomic E-state index is 11.7. The minimum atomic E-state index is -0.476. The van der Waals surface area contributed by atoms with Crippen molar-refractivity contribution in [2.75, 3.05) is 25.1 Å². The largest absolute Gasteiger partial charge is 0.460 e. The predicted molar refractivity (Wildman–Crippen MR) is 65.6 cm³/mol. The van der Waals surface area contributed by atoms with E-state index in [-0.39, 0.29) is 17.0 Å². The zero-order chi connectivity index (χ0) is 13.2. The fourth-order valence-electron chi connectivity index (χ4n) is 1.42. The van der Waals surface area contributed by atoms with Crippen LogP contribution in [0.1, 0.15) is 24.3 Å². The third-order valence-electron chi connectivity index (χ3n) is 2.45. The standard InChI is InChI=1S/C11H14N2O4S/c1-7(14)12-10-13-8(3-18-10)9(15)17-6-11(2)4-16-5-11/h3H,4-6H2,1-2H3,(H,12,13,14). The molecule has 0 saturated carbocycles. The van der Waals surface area contributed by atoms with E-state index < -0.39 is 5.97 Å². The van der Waals surface area contributed by atoms with E-state index in [1.54, 1.807) is 5.38 Å². The van der Waals surface area contributed by atoms with Crippen LogP contribution in [0.4, 0.5) is 5.13 Å². The first-order chi connectivity index (χ1) is 8.48. The van der Waals surface area contributed by atoms with Gasteiger partial charge in [0.25, 0.3) is 0 Å². The Kier molecular flexibility index (Phi) is 3.63. The van der Waals surface area contributed by atoms with Crippen molar-refractivity contribution in [1.29, 1.82) is 0 Å². The highest BCUT2D eigenvalue weighted by Crippen LogP contribution is 2.27. The molecule has 0 aliphatic carbocycles. The van der Waals surface area contributed by atoms with Gasteiger partial charge in [0.1, 0.15) is 6.61 Å². The second-order valence-electron chi connectivity index (χ2n) is 4.60. The van der Waals surface area contributed by atoms with E-state index >= 15 is 0 Å². The van der Waals surface area contributed by atoms with Gasteiger partial charge in [-0.1, -0.05) is 6.92 Å². The molecule has 0 atom stereocenters. The number of ether oxygens (including phenoxy) is 2. The molecule has 1 N–H and O–H groups in total. The average molecular weight is 270 g/mol. The smallest absolute Gasteiger partial charge is 0.357 e. The van der Waals surface area contributed by atoms with Gasteiger partial charge in [-0.15, -0.1) is 11.3 Å². The first kappa shape index (κ1) is 13.0. The van der Waals surface area contributed by atoms with Crippen LogP contribution in [0.2, 0.25) is 0 Å². The molecule has 2 heterocycles. The van der Waals surface area contributed by atoms with Crippen LogP contribution >= 0.6 is 11.3 Å². The quantitative estimate of drug-likeness (QED) is 0.834. The number of aromatic nitrogens is 1. The summed E-state index contributed by atoms with van der Waals surface area (Å²) in [6.07, 6.45) is 0. The number of esters is 1. The lowest BCUT2D eigenvalue weighted by atomic mass is 9.90. The van der Waals surface area contributed by atoms with Gasteiger partial charge < -0.3 is 14.8 Å². The Morgan fingerprint density at radius 1 is 1.61 bits per heavy atom. The Morgan fingerprint density at radius 2 is 2.33 bits per heavy atom. The Balaban J connectivity index is 1.88. The number of hydrogen-bond donors (Lipinski definition) is 1. The molecular weight excluding hydrogens is 256 g/mol. The first-order valence-electron chi connectivity index (χ1n) is 5.46. The van der Waals surface area contributed by atoms with Crippen LogP contribution in [0, 0.1) is 5.41 Å². The molecular formula is C11H14N2O4S. The SMILES string of the molecule is CC(=O)Nc1nc(C(=O)OCC2(C)COC2)cs1. The average Bonchev–Trinajstić information content (AvgIpc) is 2.70. The Hall–Kier alpha value is -1.47. The van der Waals surface area contributed by atoms with Crippen molar-refractivity contribution in [1.82, 2.24) is 4.98 Å². The van der Waals surface area contributed by atoms with E-state index in [4.69, 9.17) is 9.47 Å². The van der Waals surface area contributed by atoms with Crippen molar-refractivity contribution >= 4 is 28.3 Å². The number of rotatable bonds is 4. The third-order valence-corrected chi connectivity index (χ3v) is 3.21. The van der Waals surface area contributed by atoms with E-state index in [1.807, 2.05) is 6.92 Å². The molecule has 0 aromatic carbocycles. The Labute approximate surface area is 108 Å². The molecule has 0 unspecified atom stereocenters. The van der Waals surface area contributed by atoms with Crippen LogP contribution < -0.4 is 5.32 Å². The van der Waals surface area contributed by atoms with Crippen molar-refractivity contribution < 1.29 is 19.1 Å². The lowest BCUT2D eigenvalue weighted by Gasteiger charge is -2.36. The molecule has 7 heteroatoms. The summed E-state index contributed by atoms with van der Waals surface area (Å²) in [7, 11) is 0. The number of hydrogen-bond acceptors (Lipinski definition) is 6. The molecule has 1 saturated heterocycles.